The van der Waals surface area contributed by atoms with Gasteiger partial charge in [-0.05, 0) is 37.3 Å². The van der Waals surface area contributed by atoms with Crippen LogP contribution in [-0.4, -0.2) is 54.2 Å². The summed E-state index contributed by atoms with van der Waals surface area (Å²) in [6.07, 6.45) is -17.7. The Labute approximate surface area is 271 Å². The van der Waals surface area contributed by atoms with Crippen molar-refractivity contribution in [2.24, 2.45) is 17.7 Å². The summed E-state index contributed by atoms with van der Waals surface area (Å²) in [7, 11) is -3.35. The molecule has 2 atom stereocenters. The van der Waals surface area contributed by atoms with Gasteiger partial charge in [0.1, 0.15) is 17.9 Å². The van der Waals surface area contributed by atoms with Crippen LogP contribution in [0.5, 0.6) is 0 Å². The largest absolute Gasteiger partial charge is 0.534 e. The fourth-order valence-electron chi connectivity index (χ4n) is 3.49. The Balaban J connectivity index is 0.000000340. The number of ether oxygens (including phenoxy) is 2. The number of allylic oxidation sites excluding steroid dienone is 2. The van der Waals surface area contributed by atoms with Gasteiger partial charge in [0, 0.05) is 70.1 Å². The van der Waals surface area contributed by atoms with Crippen LogP contribution in [0.25, 0.3) is 21.8 Å². The highest BCUT2D eigenvalue weighted by Crippen LogP contribution is 2.38. The molecular weight excluding hydrogens is 589 g/mol. The molecule has 2 aliphatic carbocycles. The molecule has 2 fully saturated rings. The molecule has 2 aromatic heterocycles. The molecule has 2 saturated carbocycles. The van der Waals surface area contributed by atoms with Gasteiger partial charge in [-0.2, -0.15) is 26.7 Å². The summed E-state index contributed by atoms with van der Waals surface area (Å²) in [6.45, 7) is 11.1. The average Bonchev–Trinajstić information content (AvgIpc) is 3.60. The number of hydrogen-bond donors (Lipinski definition) is 1. The smallest absolute Gasteiger partial charge is 0.383 e. The second kappa shape index (κ2) is 14.8. The molecule has 15 heteroatoms. The van der Waals surface area contributed by atoms with Crippen molar-refractivity contribution in [3.63, 3.8) is 0 Å². The molecule has 0 aliphatic heterocycles. The highest BCUT2D eigenvalue weighted by Gasteiger charge is 2.49. The number of methoxy groups -OCH3 is 2. The van der Waals surface area contributed by atoms with Gasteiger partial charge < -0.3 is 19.4 Å². The van der Waals surface area contributed by atoms with Crippen molar-refractivity contribution >= 4 is 21.6 Å². The van der Waals surface area contributed by atoms with Gasteiger partial charge in [0.2, 0.25) is 0 Å². The highest BCUT2D eigenvalue weighted by molar-refractivity contribution is 7.87. The molecule has 0 bridgehead atoms. The molecule has 0 spiro atoms. The zero-order chi connectivity index (χ0) is 45.3. The number of halogens is 3. The van der Waals surface area contributed by atoms with Crippen molar-refractivity contribution in [1.82, 2.24) is 19.7 Å². The van der Waals surface area contributed by atoms with Crippen LogP contribution in [0.4, 0.5) is 19.0 Å². The lowest BCUT2D eigenvalue weighted by molar-refractivity contribution is -0.100. The first kappa shape index (κ1) is 18.4. The molecule has 236 valence electrons. The van der Waals surface area contributed by atoms with Gasteiger partial charge in [-0.25, -0.2) is 14.8 Å². The minimum Gasteiger partial charge on any atom is -0.383 e. The van der Waals surface area contributed by atoms with Crippen LogP contribution in [0.3, 0.4) is 0 Å². The van der Waals surface area contributed by atoms with Crippen molar-refractivity contribution < 1.29 is 55.8 Å². The predicted octanol–water partition coefficient (Wildman–Crippen LogP) is 5.79. The lowest BCUT2D eigenvalue weighted by atomic mass is 10.0. The minimum absolute atomic E-state index is 0.181. The Hall–Kier alpha value is -3.48. The fraction of sp³-hybridized carbons (Fsp3) is 0.571. The third kappa shape index (κ3) is 8.77. The summed E-state index contributed by atoms with van der Waals surface area (Å²) in [4.78, 5) is 11.5. The van der Waals surface area contributed by atoms with Gasteiger partial charge in [-0.1, -0.05) is 32.6 Å². The van der Waals surface area contributed by atoms with E-state index < -0.39 is 90.0 Å². The van der Waals surface area contributed by atoms with Gasteiger partial charge in [0.05, 0.1) is 18.5 Å². The molecule has 2 aromatic rings. The summed E-state index contributed by atoms with van der Waals surface area (Å²) in [5.41, 5.74) is 1.22. The number of nitrogens with two attached hydrogens (primary N) is 1. The molecule has 0 radical (unpaired) electrons. The SMILES string of the molecule is [2H]C1([2H])C(/C(=C/[N+]#[C-])n2cc(-c3ncnc(N)c3CC(OC)OC)cn2)C([2H])([2H])C([2H])(C)C1([2H])[2H].[2H]C1([2H])C(C(=C)OS(=O)(=O)C(F)(F)F)C([2H])([2H])C([2H])([2H])C1([2H])[2H]. The number of nitrogens with zero attached hydrogens (tertiary/aromatic N) is 5. The summed E-state index contributed by atoms with van der Waals surface area (Å²) in [5.74, 6) is -8.30. The molecule has 11 nitrogen and oxygen atoms in total. The molecule has 2 aliphatic rings. The Morgan fingerprint density at radius 2 is 1.95 bits per heavy atom. The van der Waals surface area contributed by atoms with Gasteiger partial charge in [-0.3, -0.25) is 4.68 Å². The van der Waals surface area contributed by atoms with Gasteiger partial charge >= 0.3 is 15.6 Å². The van der Waals surface area contributed by atoms with Crippen LogP contribution in [-0.2, 0) is 30.2 Å². The van der Waals surface area contributed by atoms with Gasteiger partial charge in [0.25, 0.3) is 0 Å². The predicted molar refractivity (Wildman–Crippen MR) is 154 cm³/mol. The standard InChI is InChI=1S/C20H26N6O2.C8H11F3O3S/c1-13-5-6-14(7-13)17(10-22-2)26-11-15(9-25-26)19-16(8-18(27-3)28-4)20(21)24-12-23-19;1-6(7-4-2-3-5-7)14-15(12,13)8(9,10)11/h9-14,18H,5-8H2,1,3-4H3,(H2,21,23,24);7H,1-5H2/b17-10-;/i5D2,6D2,7D2,13D;2D2,3D2,4D2,5D2. The molecule has 2 unspecified atom stereocenters. The molecule has 4 rings (SSSR count). The minimum atomic E-state index is -6.29. The van der Waals surface area contributed by atoms with E-state index in [1.807, 2.05) is 0 Å². The van der Waals surface area contributed by atoms with Crippen molar-refractivity contribution in [2.45, 2.75) is 69.8 Å². The molecular formula is C28H37F3N6O5S. The highest BCUT2D eigenvalue weighted by atomic mass is 32.2. The first-order valence-corrected chi connectivity index (χ1v) is 13.3. The van der Waals surface area contributed by atoms with Crippen molar-refractivity contribution in [2.75, 3.05) is 20.0 Å². The van der Waals surface area contributed by atoms with Crippen LogP contribution in [0.15, 0.2) is 37.3 Å². The van der Waals surface area contributed by atoms with Crippen LogP contribution in [0.1, 0.15) is 77.7 Å². The van der Waals surface area contributed by atoms with Crippen LogP contribution in [0, 0.1) is 24.3 Å². The normalized spacial score (nSPS) is 34.7. The van der Waals surface area contributed by atoms with E-state index in [9.17, 15) is 21.6 Å². The molecule has 0 saturated heterocycles. The topological polar surface area (TPSA) is 136 Å². The van der Waals surface area contributed by atoms with E-state index in [4.69, 9.17) is 42.3 Å². The molecule has 0 amide bonds. The summed E-state index contributed by atoms with van der Waals surface area (Å²) in [5, 5.41) is 4.20. The first-order valence-electron chi connectivity index (χ1n) is 19.4. The maximum absolute atomic E-state index is 12.3. The molecule has 0 aromatic carbocycles. The first-order chi connectivity index (χ1) is 25.9. The van der Waals surface area contributed by atoms with E-state index in [2.05, 4.69) is 30.7 Å². The zero-order valence-corrected chi connectivity index (χ0v) is 23.7. The number of nitrogen functional groups attached to an aromatic ring is 1. The fourth-order valence-corrected chi connectivity index (χ4v) is 3.96. The maximum atomic E-state index is 12.3. The van der Waals surface area contributed by atoms with E-state index >= 15 is 0 Å². The number of aromatic nitrogens is 4. The third-order valence-electron chi connectivity index (χ3n) is 5.57. The van der Waals surface area contributed by atoms with Crippen molar-refractivity contribution in [3.8, 4) is 11.3 Å². The van der Waals surface area contributed by atoms with E-state index in [1.165, 1.54) is 32.9 Å². The number of anilines is 1. The van der Waals surface area contributed by atoms with E-state index in [0.717, 1.165) is 17.8 Å². The van der Waals surface area contributed by atoms with Crippen LogP contribution >= 0.6 is 0 Å². The van der Waals surface area contributed by atoms with Crippen LogP contribution < -0.4 is 5.73 Å². The van der Waals surface area contributed by atoms with E-state index in [-0.39, 0.29) is 17.9 Å². The summed E-state index contributed by atoms with van der Waals surface area (Å²) < 4.78 is 193. The molecule has 2 N–H and O–H groups in total. The van der Waals surface area contributed by atoms with E-state index in [0.29, 0.717) is 16.8 Å². The molecule has 43 heavy (non-hydrogen) atoms. The zero-order valence-electron chi connectivity index (χ0n) is 37.9. The lowest BCUT2D eigenvalue weighted by Crippen LogP contribution is -2.26. The maximum Gasteiger partial charge on any atom is 0.534 e. The number of rotatable bonds is 10. The molecule has 2 heterocycles. The van der Waals surface area contributed by atoms with Crippen molar-refractivity contribution in [3.05, 3.63) is 54.2 Å². The lowest BCUT2D eigenvalue weighted by Gasteiger charge is -2.16. The Morgan fingerprint density at radius 3 is 2.51 bits per heavy atom. The third-order valence-corrected chi connectivity index (χ3v) is 6.57. The second-order valence-electron chi connectivity index (χ2n) is 8.44. The van der Waals surface area contributed by atoms with Crippen molar-refractivity contribution in [1.29, 1.82) is 0 Å². The average molecular weight is 642 g/mol. The van der Waals surface area contributed by atoms with Gasteiger partial charge in [-0.15, -0.1) is 0 Å². The second-order valence-corrected chi connectivity index (χ2v) is 9.98. The summed E-state index contributed by atoms with van der Waals surface area (Å²) in [6, 6.07) is 0. The Bertz CT molecular complexity index is 2040. The number of hydrogen-bond acceptors (Lipinski definition) is 9. The Morgan fingerprint density at radius 1 is 1.28 bits per heavy atom. The van der Waals surface area contributed by atoms with E-state index in [1.54, 1.807) is 0 Å². The Kier molecular flexibility index (Phi) is 6.32. The monoisotopic (exact) mass is 641 g/mol. The quantitative estimate of drug-likeness (QED) is 0.112. The summed E-state index contributed by atoms with van der Waals surface area (Å²) >= 11 is 0. The number of alkyl halides is 3. The van der Waals surface area contributed by atoms with Crippen LogP contribution in [0.2, 0.25) is 0 Å². The van der Waals surface area contributed by atoms with Gasteiger partial charge in [0.15, 0.2) is 12.5 Å².